The standard InChI is InChI=1S/C26H27Cl3N2O3/c1-16(2)9-25(32)31-21-6-4-5-20(13-21)30-14-17-10-23(29)26(24(11-17)33-3)34-15-18-7-8-19(27)12-22(18)28/h4-8,10-13,16,30H,9,14-15H2,1-3H3,(H,31,32). The first kappa shape index (κ1) is 26.0. The molecular formula is C26H27Cl3N2O3. The van der Waals surface area contributed by atoms with Gasteiger partial charge in [-0.2, -0.15) is 0 Å². The molecule has 0 aliphatic heterocycles. The highest BCUT2D eigenvalue weighted by atomic mass is 35.5. The summed E-state index contributed by atoms with van der Waals surface area (Å²) in [6.07, 6.45) is 0.481. The number of anilines is 2. The van der Waals surface area contributed by atoms with Crippen molar-refractivity contribution in [3.8, 4) is 11.5 Å². The molecule has 0 spiro atoms. The maximum atomic E-state index is 12.0. The van der Waals surface area contributed by atoms with Gasteiger partial charge in [-0.25, -0.2) is 0 Å². The summed E-state index contributed by atoms with van der Waals surface area (Å²) in [6.45, 7) is 4.75. The molecular weight excluding hydrogens is 495 g/mol. The number of halogens is 3. The summed E-state index contributed by atoms with van der Waals surface area (Å²) in [5.74, 6) is 1.26. The Kier molecular flexibility index (Phi) is 9.34. The zero-order chi connectivity index (χ0) is 24.7. The molecule has 8 heteroatoms. The molecule has 0 saturated heterocycles. The zero-order valence-electron chi connectivity index (χ0n) is 19.3. The second kappa shape index (κ2) is 12.2. The van der Waals surface area contributed by atoms with E-state index in [0.717, 1.165) is 22.5 Å². The number of hydrogen-bond acceptors (Lipinski definition) is 4. The van der Waals surface area contributed by atoms with Gasteiger partial charge in [-0.3, -0.25) is 4.79 Å². The van der Waals surface area contributed by atoms with E-state index in [0.29, 0.717) is 45.5 Å². The third-order valence-corrected chi connectivity index (χ3v) is 5.78. The van der Waals surface area contributed by atoms with E-state index in [1.165, 1.54) is 0 Å². The normalized spacial score (nSPS) is 10.8. The Morgan fingerprint density at radius 1 is 0.971 bits per heavy atom. The van der Waals surface area contributed by atoms with Crippen LogP contribution in [0.15, 0.2) is 54.6 Å². The minimum atomic E-state index is -0.000792. The first-order valence-electron chi connectivity index (χ1n) is 10.8. The third kappa shape index (κ3) is 7.45. The summed E-state index contributed by atoms with van der Waals surface area (Å²) >= 11 is 18.7. The number of rotatable bonds is 10. The van der Waals surface area contributed by atoms with Crippen LogP contribution in [0.2, 0.25) is 15.1 Å². The second-order valence-corrected chi connectivity index (χ2v) is 9.46. The highest BCUT2D eigenvalue weighted by Crippen LogP contribution is 2.37. The molecule has 180 valence electrons. The van der Waals surface area contributed by atoms with Crippen LogP contribution in [0.25, 0.3) is 0 Å². The SMILES string of the molecule is COc1cc(CNc2cccc(NC(=O)CC(C)C)c2)cc(Cl)c1OCc1ccc(Cl)cc1Cl. The fraction of sp³-hybridized carbons (Fsp3) is 0.269. The van der Waals surface area contributed by atoms with Gasteiger partial charge >= 0.3 is 0 Å². The molecule has 2 N–H and O–H groups in total. The first-order chi connectivity index (χ1) is 16.2. The Morgan fingerprint density at radius 3 is 2.44 bits per heavy atom. The topological polar surface area (TPSA) is 59.6 Å². The van der Waals surface area contributed by atoms with Crippen molar-refractivity contribution in [3.05, 3.63) is 80.8 Å². The number of methoxy groups -OCH3 is 1. The van der Waals surface area contributed by atoms with Gasteiger partial charge in [0.2, 0.25) is 5.91 Å². The number of ether oxygens (including phenoxy) is 2. The van der Waals surface area contributed by atoms with Crippen LogP contribution < -0.4 is 20.1 Å². The maximum Gasteiger partial charge on any atom is 0.224 e. The predicted molar refractivity (Wildman–Crippen MR) is 141 cm³/mol. The van der Waals surface area contributed by atoms with Crippen LogP contribution in [0.4, 0.5) is 11.4 Å². The lowest BCUT2D eigenvalue weighted by Crippen LogP contribution is -2.13. The third-order valence-electron chi connectivity index (χ3n) is 4.91. The Hall–Kier alpha value is -2.60. The molecule has 0 atom stereocenters. The van der Waals surface area contributed by atoms with Crippen LogP contribution in [-0.4, -0.2) is 13.0 Å². The van der Waals surface area contributed by atoms with Crippen molar-refractivity contribution in [2.24, 2.45) is 5.92 Å². The summed E-state index contributed by atoms with van der Waals surface area (Å²) in [6, 6.07) is 16.5. The van der Waals surface area contributed by atoms with Gasteiger partial charge in [0, 0.05) is 39.9 Å². The molecule has 0 saturated carbocycles. The summed E-state index contributed by atoms with van der Waals surface area (Å²) in [4.78, 5) is 12.0. The lowest BCUT2D eigenvalue weighted by molar-refractivity contribution is -0.116. The predicted octanol–water partition coefficient (Wildman–Crippen LogP) is 7.83. The molecule has 3 rings (SSSR count). The summed E-state index contributed by atoms with van der Waals surface area (Å²) < 4.78 is 11.4. The molecule has 34 heavy (non-hydrogen) atoms. The molecule has 1 amide bonds. The van der Waals surface area contributed by atoms with E-state index >= 15 is 0 Å². The molecule has 3 aromatic rings. The van der Waals surface area contributed by atoms with Crippen molar-refractivity contribution in [2.45, 2.75) is 33.4 Å². The largest absolute Gasteiger partial charge is 0.493 e. The smallest absolute Gasteiger partial charge is 0.224 e. The number of nitrogens with one attached hydrogen (secondary N) is 2. The summed E-state index contributed by atoms with van der Waals surface area (Å²) in [5.41, 5.74) is 3.31. The minimum absolute atomic E-state index is 0.000792. The van der Waals surface area contributed by atoms with Gasteiger partial charge in [0.05, 0.1) is 12.1 Å². The van der Waals surface area contributed by atoms with E-state index in [4.69, 9.17) is 44.3 Å². The fourth-order valence-corrected chi connectivity index (χ4v) is 4.05. The Labute approximate surface area is 215 Å². The number of carbonyl (C=O) groups is 1. The quantitative estimate of drug-likeness (QED) is 0.285. The highest BCUT2D eigenvalue weighted by molar-refractivity contribution is 6.35. The fourth-order valence-electron chi connectivity index (χ4n) is 3.30. The van der Waals surface area contributed by atoms with Crippen LogP contribution in [0.5, 0.6) is 11.5 Å². The van der Waals surface area contributed by atoms with Gasteiger partial charge in [-0.15, -0.1) is 0 Å². The first-order valence-corrected chi connectivity index (χ1v) is 12.0. The van der Waals surface area contributed by atoms with Gasteiger partial charge in [0.1, 0.15) is 6.61 Å². The second-order valence-electron chi connectivity index (χ2n) is 8.21. The van der Waals surface area contributed by atoms with Gasteiger partial charge in [-0.1, -0.05) is 60.8 Å². The van der Waals surface area contributed by atoms with Crippen LogP contribution >= 0.6 is 34.8 Å². The number of amides is 1. The maximum absolute atomic E-state index is 12.0. The zero-order valence-corrected chi connectivity index (χ0v) is 21.5. The van der Waals surface area contributed by atoms with Gasteiger partial charge < -0.3 is 20.1 Å². The lowest BCUT2D eigenvalue weighted by atomic mass is 10.1. The van der Waals surface area contributed by atoms with E-state index in [1.54, 1.807) is 19.2 Å². The van der Waals surface area contributed by atoms with Crippen molar-refractivity contribution in [1.82, 2.24) is 0 Å². The molecule has 0 fully saturated rings. The lowest BCUT2D eigenvalue weighted by Gasteiger charge is -2.16. The van der Waals surface area contributed by atoms with Crippen molar-refractivity contribution in [1.29, 1.82) is 0 Å². The molecule has 0 aliphatic carbocycles. The van der Waals surface area contributed by atoms with E-state index in [9.17, 15) is 4.79 Å². The van der Waals surface area contributed by atoms with Gasteiger partial charge in [0.25, 0.3) is 0 Å². The van der Waals surface area contributed by atoms with Crippen molar-refractivity contribution in [3.63, 3.8) is 0 Å². The molecule has 0 radical (unpaired) electrons. The molecule has 0 aliphatic rings. The van der Waals surface area contributed by atoms with Gasteiger partial charge in [-0.05, 0) is 53.9 Å². The summed E-state index contributed by atoms with van der Waals surface area (Å²) in [5, 5.41) is 7.78. The average Bonchev–Trinajstić information content (AvgIpc) is 2.77. The van der Waals surface area contributed by atoms with Gasteiger partial charge in [0.15, 0.2) is 11.5 Å². The van der Waals surface area contributed by atoms with E-state index < -0.39 is 0 Å². The summed E-state index contributed by atoms with van der Waals surface area (Å²) in [7, 11) is 1.56. The van der Waals surface area contributed by atoms with Crippen molar-refractivity contribution < 1.29 is 14.3 Å². The molecule has 0 heterocycles. The van der Waals surface area contributed by atoms with Crippen molar-refractivity contribution in [2.75, 3.05) is 17.7 Å². The number of carbonyl (C=O) groups excluding carboxylic acids is 1. The highest BCUT2D eigenvalue weighted by Gasteiger charge is 2.14. The van der Waals surface area contributed by atoms with E-state index in [-0.39, 0.29) is 12.5 Å². The molecule has 0 unspecified atom stereocenters. The molecule has 0 aromatic heterocycles. The van der Waals surface area contributed by atoms with E-state index in [2.05, 4.69) is 10.6 Å². The molecule has 0 bridgehead atoms. The number of hydrogen-bond donors (Lipinski definition) is 2. The molecule has 3 aromatic carbocycles. The number of benzene rings is 3. The monoisotopic (exact) mass is 520 g/mol. The van der Waals surface area contributed by atoms with E-state index in [1.807, 2.05) is 56.3 Å². The Bertz CT molecular complexity index is 1150. The Morgan fingerprint density at radius 2 is 1.74 bits per heavy atom. The van der Waals surface area contributed by atoms with Crippen LogP contribution in [0.3, 0.4) is 0 Å². The minimum Gasteiger partial charge on any atom is -0.493 e. The average molecular weight is 522 g/mol. The Balaban J connectivity index is 1.66. The van der Waals surface area contributed by atoms with Crippen molar-refractivity contribution >= 4 is 52.1 Å². The van der Waals surface area contributed by atoms with Crippen LogP contribution in [-0.2, 0) is 17.9 Å². The van der Waals surface area contributed by atoms with Crippen LogP contribution in [0, 0.1) is 5.92 Å². The molecule has 5 nitrogen and oxygen atoms in total. The van der Waals surface area contributed by atoms with Crippen LogP contribution in [0.1, 0.15) is 31.4 Å².